The first kappa shape index (κ1) is 19.7. The molecule has 0 radical (unpaired) electrons. The van der Waals surface area contributed by atoms with Gasteiger partial charge in [-0.1, -0.05) is 34.8 Å². The molecule has 1 aromatic rings. The van der Waals surface area contributed by atoms with Crippen molar-refractivity contribution in [3.05, 3.63) is 27.2 Å². The van der Waals surface area contributed by atoms with Crippen molar-refractivity contribution in [3.8, 4) is 5.75 Å². The minimum Gasteiger partial charge on any atom is -0.482 e. The molecule has 0 bridgehead atoms. The first-order valence-corrected chi connectivity index (χ1v) is 7.93. The van der Waals surface area contributed by atoms with Crippen LogP contribution in [-0.4, -0.2) is 36.5 Å². The molecule has 124 valence electrons. The molecule has 22 heavy (non-hydrogen) atoms. The highest BCUT2D eigenvalue weighted by Crippen LogP contribution is 2.33. The molecule has 0 aromatic heterocycles. The van der Waals surface area contributed by atoms with Crippen LogP contribution in [0.2, 0.25) is 15.1 Å². The quantitative estimate of drug-likeness (QED) is 0.799. The Morgan fingerprint density at radius 3 is 2.59 bits per heavy atom. The Bertz CT molecular complexity index is 528. The molecule has 1 fully saturated rings. The van der Waals surface area contributed by atoms with E-state index >= 15 is 0 Å². The van der Waals surface area contributed by atoms with Gasteiger partial charge < -0.3 is 15.4 Å². The van der Waals surface area contributed by atoms with Crippen molar-refractivity contribution < 1.29 is 9.53 Å². The summed E-state index contributed by atoms with van der Waals surface area (Å²) in [5, 5.41) is 1.01. The van der Waals surface area contributed by atoms with Crippen molar-refractivity contribution in [2.75, 3.05) is 19.7 Å². The lowest BCUT2D eigenvalue weighted by Gasteiger charge is -2.35. The number of carbonyl (C=O) groups excluding carboxylic acids is 1. The van der Waals surface area contributed by atoms with Crippen molar-refractivity contribution >= 4 is 53.1 Å². The SMILES string of the molecule is Cl.NCC1CCCCN1C(=O)COc1cc(Cl)c(Cl)cc1Cl. The Morgan fingerprint density at radius 1 is 1.23 bits per heavy atom. The summed E-state index contributed by atoms with van der Waals surface area (Å²) in [6.45, 7) is 1.10. The van der Waals surface area contributed by atoms with E-state index in [9.17, 15) is 4.79 Å². The lowest BCUT2D eigenvalue weighted by molar-refractivity contribution is -0.136. The lowest BCUT2D eigenvalue weighted by atomic mass is 10.0. The van der Waals surface area contributed by atoms with Crippen LogP contribution in [0.1, 0.15) is 19.3 Å². The zero-order chi connectivity index (χ0) is 15.4. The summed E-state index contributed by atoms with van der Waals surface area (Å²) in [4.78, 5) is 14.0. The number of nitrogens with two attached hydrogens (primary N) is 1. The number of amides is 1. The van der Waals surface area contributed by atoms with Gasteiger partial charge in [0.2, 0.25) is 0 Å². The summed E-state index contributed by atoms with van der Waals surface area (Å²) in [5.74, 6) is 0.257. The van der Waals surface area contributed by atoms with Crippen molar-refractivity contribution in [1.82, 2.24) is 4.90 Å². The van der Waals surface area contributed by atoms with Crippen LogP contribution in [0, 0.1) is 0 Å². The van der Waals surface area contributed by atoms with E-state index in [0.29, 0.717) is 27.4 Å². The van der Waals surface area contributed by atoms with Gasteiger partial charge in [-0.25, -0.2) is 0 Å². The molecule has 1 aliphatic rings. The number of likely N-dealkylation sites (tertiary alicyclic amines) is 1. The minimum atomic E-state index is -0.0905. The minimum absolute atomic E-state index is 0. The standard InChI is InChI=1S/C14H17Cl3N2O2.ClH/c15-10-5-12(17)13(6-11(10)16)21-8-14(20)19-4-2-1-3-9(19)7-18;/h5-6,9H,1-4,7-8,18H2;1H. The largest absolute Gasteiger partial charge is 0.482 e. The van der Waals surface area contributed by atoms with Gasteiger partial charge in [0, 0.05) is 25.2 Å². The first-order chi connectivity index (χ1) is 10.0. The number of piperidine rings is 1. The van der Waals surface area contributed by atoms with Gasteiger partial charge in [0.05, 0.1) is 15.1 Å². The number of benzene rings is 1. The Labute approximate surface area is 151 Å². The summed E-state index contributed by atoms with van der Waals surface area (Å²) in [6.07, 6.45) is 3.04. The predicted octanol–water partition coefficient (Wildman–Crippen LogP) is 3.79. The molecule has 1 aliphatic heterocycles. The summed E-state index contributed by atoms with van der Waals surface area (Å²) in [5.41, 5.74) is 5.71. The number of halogens is 4. The average molecular weight is 388 g/mol. The summed E-state index contributed by atoms with van der Waals surface area (Å²) in [7, 11) is 0. The van der Waals surface area contributed by atoms with Gasteiger partial charge in [0.1, 0.15) is 5.75 Å². The molecule has 1 heterocycles. The van der Waals surface area contributed by atoms with Gasteiger partial charge in [-0.3, -0.25) is 4.79 Å². The number of carbonyl (C=O) groups is 1. The van der Waals surface area contributed by atoms with Crippen molar-refractivity contribution in [1.29, 1.82) is 0 Å². The molecule has 4 nitrogen and oxygen atoms in total. The first-order valence-electron chi connectivity index (χ1n) is 6.79. The van der Waals surface area contributed by atoms with E-state index in [-0.39, 0.29) is 31.0 Å². The topological polar surface area (TPSA) is 55.6 Å². The highest BCUT2D eigenvalue weighted by atomic mass is 35.5. The average Bonchev–Trinajstić information content (AvgIpc) is 2.49. The third-order valence-corrected chi connectivity index (χ3v) is 4.56. The number of nitrogens with zero attached hydrogens (tertiary/aromatic N) is 1. The van der Waals surface area contributed by atoms with E-state index in [1.54, 1.807) is 4.90 Å². The van der Waals surface area contributed by atoms with Crippen LogP contribution in [0.25, 0.3) is 0 Å². The Hall–Kier alpha value is -0.390. The molecular weight excluding hydrogens is 370 g/mol. The van der Waals surface area contributed by atoms with Gasteiger partial charge >= 0.3 is 0 Å². The molecule has 0 saturated carbocycles. The fourth-order valence-corrected chi connectivity index (χ4v) is 3.00. The van der Waals surface area contributed by atoms with Gasteiger partial charge in [-0.15, -0.1) is 12.4 Å². The molecule has 8 heteroatoms. The van der Waals surface area contributed by atoms with Gasteiger partial charge in [-0.05, 0) is 25.3 Å². The maximum atomic E-state index is 12.2. The third-order valence-electron chi connectivity index (χ3n) is 3.55. The van der Waals surface area contributed by atoms with Crippen LogP contribution in [0.4, 0.5) is 0 Å². The molecule has 0 aliphatic carbocycles. The smallest absolute Gasteiger partial charge is 0.260 e. The molecule has 0 spiro atoms. The molecule has 2 N–H and O–H groups in total. The molecule has 1 amide bonds. The van der Waals surface area contributed by atoms with Crippen LogP contribution < -0.4 is 10.5 Å². The normalized spacial score (nSPS) is 17.8. The molecule has 1 unspecified atom stereocenters. The van der Waals surface area contributed by atoms with Crippen molar-refractivity contribution in [2.24, 2.45) is 5.73 Å². The highest BCUT2D eigenvalue weighted by Gasteiger charge is 2.25. The second-order valence-corrected chi connectivity index (χ2v) is 6.18. The summed E-state index contributed by atoms with van der Waals surface area (Å²) in [6, 6.07) is 3.10. The van der Waals surface area contributed by atoms with Crippen LogP contribution in [0.3, 0.4) is 0 Å². The van der Waals surface area contributed by atoms with E-state index in [4.69, 9.17) is 45.3 Å². The van der Waals surface area contributed by atoms with E-state index in [0.717, 1.165) is 25.8 Å². The Balaban J connectivity index is 0.00000242. The lowest BCUT2D eigenvalue weighted by Crippen LogP contribution is -2.49. The summed E-state index contributed by atoms with van der Waals surface area (Å²) >= 11 is 17.8. The zero-order valence-electron chi connectivity index (χ0n) is 11.9. The molecule has 1 aromatic carbocycles. The molecule has 1 atom stereocenters. The van der Waals surface area contributed by atoms with Gasteiger partial charge in [0.15, 0.2) is 6.61 Å². The van der Waals surface area contributed by atoms with Gasteiger partial charge in [0.25, 0.3) is 5.91 Å². The highest BCUT2D eigenvalue weighted by molar-refractivity contribution is 6.43. The van der Waals surface area contributed by atoms with Crippen LogP contribution in [0.15, 0.2) is 12.1 Å². The second kappa shape index (κ2) is 9.04. The Morgan fingerprint density at radius 2 is 1.91 bits per heavy atom. The maximum Gasteiger partial charge on any atom is 0.260 e. The number of ether oxygens (including phenoxy) is 1. The fourth-order valence-electron chi connectivity index (χ4n) is 2.41. The Kier molecular flexibility index (Phi) is 8.08. The molecule has 2 rings (SSSR count). The summed E-state index contributed by atoms with van der Waals surface area (Å²) < 4.78 is 5.47. The van der Waals surface area contributed by atoms with Gasteiger partial charge in [-0.2, -0.15) is 0 Å². The maximum absolute atomic E-state index is 12.2. The number of hydrogen-bond donors (Lipinski definition) is 1. The predicted molar refractivity (Wildman–Crippen MR) is 92.6 cm³/mol. The monoisotopic (exact) mass is 386 g/mol. The van der Waals surface area contributed by atoms with Crippen LogP contribution in [0.5, 0.6) is 5.75 Å². The molecule has 1 saturated heterocycles. The van der Waals surface area contributed by atoms with Crippen LogP contribution >= 0.6 is 47.2 Å². The number of rotatable bonds is 4. The number of hydrogen-bond acceptors (Lipinski definition) is 3. The molecular formula is C14H18Cl4N2O2. The van der Waals surface area contributed by atoms with Crippen molar-refractivity contribution in [3.63, 3.8) is 0 Å². The fraction of sp³-hybridized carbons (Fsp3) is 0.500. The second-order valence-electron chi connectivity index (χ2n) is 4.96. The van der Waals surface area contributed by atoms with E-state index < -0.39 is 0 Å². The third kappa shape index (κ3) is 4.80. The zero-order valence-corrected chi connectivity index (χ0v) is 14.9. The van der Waals surface area contributed by atoms with E-state index in [1.165, 1.54) is 12.1 Å². The van der Waals surface area contributed by atoms with Crippen LogP contribution in [-0.2, 0) is 4.79 Å². The van der Waals surface area contributed by atoms with Crippen molar-refractivity contribution in [2.45, 2.75) is 25.3 Å². The van der Waals surface area contributed by atoms with E-state index in [1.807, 2.05) is 0 Å². The van der Waals surface area contributed by atoms with E-state index in [2.05, 4.69) is 0 Å².